The van der Waals surface area contributed by atoms with Crippen LogP contribution in [-0.4, -0.2) is 98.3 Å². The van der Waals surface area contributed by atoms with Gasteiger partial charge in [-0.05, 0) is 58.3 Å². The first-order valence-corrected chi connectivity index (χ1v) is 31.1. The highest BCUT2D eigenvalue weighted by molar-refractivity contribution is 5.76. The van der Waals surface area contributed by atoms with Gasteiger partial charge in [-0.15, -0.1) is 0 Å². The molecule has 1 heterocycles. The lowest BCUT2D eigenvalue weighted by Gasteiger charge is -2.29. The molecule has 1 amide bonds. The van der Waals surface area contributed by atoms with E-state index in [-0.39, 0.29) is 93.5 Å². The summed E-state index contributed by atoms with van der Waals surface area (Å²) in [6.45, 7) is 23.2. The summed E-state index contributed by atoms with van der Waals surface area (Å²) in [6, 6.07) is -0.178. The number of hydrogen-bond donors (Lipinski definition) is 0. The van der Waals surface area contributed by atoms with Crippen molar-refractivity contribution in [2.75, 3.05) is 39.6 Å². The van der Waals surface area contributed by atoms with Crippen molar-refractivity contribution >= 4 is 41.7 Å². The van der Waals surface area contributed by atoms with Crippen molar-refractivity contribution in [3.05, 3.63) is 0 Å². The normalized spacial score (nSPS) is 13.9. The van der Waals surface area contributed by atoms with Gasteiger partial charge in [-0.2, -0.15) is 0 Å². The molecule has 76 heavy (non-hydrogen) atoms. The van der Waals surface area contributed by atoms with E-state index in [1.54, 1.807) is 4.90 Å². The number of carbonyl (C=O) groups is 7. The van der Waals surface area contributed by atoms with Gasteiger partial charge < -0.3 is 33.2 Å². The molecule has 3 unspecified atom stereocenters. The molecule has 0 aromatic carbocycles. The summed E-state index contributed by atoms with van der Waals surface area (Å²) in [7, 11) is 0. The highest BCUT2D eigenvalue weighted by Crippen LogP contribution is 2.28. The molecule has 0 saturated carbocycles. The van der Waals surface area contributed by atoms with Gasteiger partial charge >= 0.3 is 35.9 Å². The monoisotopic (exact) mass is 1080 g/mol. The Bertz CT molecular complexity index is 1370. The van der Waals surface area contributed by atoms with Gasteiger partial charge in [0.2, 0.25) is 0 Å². The van der Waals surface area contributed by atoms with E-state index in [9.17, 15) is 33.6 Å². The van der Waals surface area contributed by atoms with Crippen molar-refractivity contribution in [2.45, 2.75) is 307 Å². The molecular formula is C62H117NO13. The van der Waals surface area contributed by atoms with Gasteiger partial charge in [-0.1, -0.05) is 198 Å². The van der Waals surface area contributed by atoms with Gasteiger partial charge in [-0.3, -0.25) is 28.9 Å². The zero-order chi connectivity index (χ0) is 57.5. The second kappa shape index (κ2) is 57.5. The molecule has 1 fully saturated rings. The Hall–Kier alpha value is -3.71. The summed E-state index contributed by atoms with van der Waals surface area (Å²) >= 11 is 0. The first kappa shape index (κ1) is 76.5. The fourth-order valence-corrected chi connectivity index (χ4v) is 8.69. The number of likely N-dealkylation sites (tertiary alicyclic amines) is 1. The molecule has 14 heteroatoms. The van der Waals surface area contributed by atoms with Crippen LogP contribution in [0, 0.1) is 11.8 Å². The largest absolute Gasteiger partial charge is 0.466 e. The number of Topliss-reactive ketones (excluding diaryl/α,β-unsaturated/α-hetero) is 1. The molecule has 1 rings (SSSR count). The predicted molar refractivity (Wildman–Crippen MR) is 307 cm³/mol. The van der Waals surface area contributed by atoms with Crippen molar-refractivity contribution in [1.29, 1.82) is 0 Å². The Kier molecular flexibility index (Phi) is 57.9. The van der Waals surface area contributed by atoms with Crippen LogP contribution in [0.5, 0.6) is 0 Å². The van der Waals surface area contributed by atoms with Crippen LogP contribution in [0.4, 0.5) is 4.79 Å². The summed E-state index contributed by atoms with van der Waals surface area (Å²) in [5, 5.41) is 0. The third-order valence-corrected chi connectivity index (χ3v) is 13.1. The lowest BCUT2D eigenvalue weighted by atomic mass is 10.0. The lowest BCUT2D eigenvalue weighted by molar-refractivity contribution is -0.154. The molecule has 1 aliphatic heterocycles. The third-order valence-electron chi connectivity index (χ3n) is 13.1. The number of hydrogen-bond acceptors (Lipinski definition) is 13. The number of ketones is 1. The molecule has 0 N–H and O–H groups in total. The zero-order valence-electron chi connectivity index (χ0n) is 50.8. The quantitative estimate of drug-likeness (QED) is 0.0320. The van der Waals surface area contributed by atoms with Crippen LogP contribution in [0.2, 0.25) is 0 Å². The van der Waals surface area contributed by atoms with Gasteiger partial charge in [0.05, 0.1) is 51.9 Å². The predicted octanol–water partition coefficient (Wildman–Crippen LogP) is 16.1. The van der Waals surface area contributed by atoms with Crippen molar-refractivity contribution < 1.29 is 62.0 Å². The molecule has 448 valence electrons. The molecule has 0 spiro atoms. The van der Waals surface area contributed by atoms with Crippen LogP contribution >= 0.6 is 0 Å². The Labute approximate surface area is 465 Å². The zero-order valence-corrected chi connectivity index (χ0v) is 50.8. The average molecular weight is 1080 g/mol. The maximum absolute atomic E-state index is 12.9. The molecule has 0 aromatic rings. The number of rotatable bonds is 45. The summed E-state index contributed by atoms with van der Waals surface area (Å²) in [5.74, 6) is -2.43. The molecular weight excluding hydrogens is 967 g/mol. The van der Waals surface area contributed by atoms with Gasteiger partial charge in [-0.25, -0.2) is 4.79 Å². The minimum absolute atomic E-state index is 0.00828. The number of amides is 1. The van der Waals surface area contributed by atoms with E-state index in [1.807, 2.05) is 41.5 Å². The Morgan fingerprint density at radius 2 is 0.750 bits per heavy atom. The van der Waals surface area contributed by atoms with Gasteiger partial charge in [0.25, 0.3) is 0 Å². The van der Waals surface area contributed by atoms with E-state index in [2.05, 4.69) is 27.7 Å². The van der Waals surface area contributed by atoms with Crippen LogP contribution in [0.15, 0.2) is 0 Å². The van der Waals surface area contributed by atoms with Crippen molar-refractivity contribution in [3.8, 4) is 0 Å². The highest BCUT2D eigenvalue weighted by atomic mass is 16.6. The van der Waals surface area contributed by atoms with E-state index in [4.69, 9.17) is 28.4 Å². The van der Waals surface area contributed by atoms with Gasteiger partial charge in [0.15, 0.2) is 0 Å². The van der Waals surface area contributed by atoms with Crippen LogP contribution in [0.25, 0.3) is 0 Å². The van der Waals surface area contributed by atoms with Crippen molar-refractivity contribution in [1.82, 2.24) is 4.90 Å². The summed E-state index contributed by atoms with van der Waals surface area (Å²) in [5.41, 5.74) is 0. The maximum Gasteiger partial charge on any atom is 0.410 e. The average Bonchev–Trinajstić information content (AvgIpc) is 3.84. The van der Waals surface area contributed by atoms with E-state index >= 15 is 0 Å². The molecule has 1 saturated heterocycles. The number of ether oxygens (including phenoxy) is 6. The first-order chi connectivity index (χ1) is 36.8. The third kappa shape index (κ3) is 47.5. The number of esters is 5. The van der Waals surface area contributed by atoms with Crippen molar-refractivity contribution in [2.24, 2.45) is 11.8 Å². The summed E-state index contributed by atoms with van der Waals surface area (Å²) in [4.78, 5) is 87.4. The van der Waals surface area contributed by atoms with Crippen LogP contribution in [0.3, 0.4) is 0 Å². The number of unbranched alkanes of at least 4 members (excludes halogenated alkanes) is 20. The SMILES string of the molecule is CC.CC.CCCCCCCCC(=O)OCC(COC(=O)CCCCCCCC)CC(C)=O.CCCCCCCCOC(=O)CC(COC(=O)CCCCCCCC)CC(=O)OCC1CCC(CC)N1C(=O)OCCC. The number of carbonyl (C=O) groups excluding carboxylic acids is 7. The minimum Gasteiger partial charge on any atom is -0.466 e. The molecule has 0 bridgehead atoms. The van der Waals surface area contributed by atoms with Crippen LogP contribution in [0.1, 0.15) is 294 Å². The van der Waals surface area contributed by atoms with E-state index in [1.165, 1.54) is 84.0 Å². The topological polar surface area (TPSA) is 178 Å². The molecule has 0 aromatic heterocycles. The second-order valence-electron chi connectivity index (χ2n) is 20.1. The van der Waals surface area contributed by atoms with E-state index < -0.39 is 17.9 Å². The molecule has 1 aliphatic rings. The summed E-state index contributed by atoms with van der Waals surface area (Å²) in [6.07, 6.45) is 30.5. The highest BCUT2D eigenvalue weighted by Gasteiger charge is 2.38. The second-order valence-corrected chi connectivity index (χ2v) is 20.1. The Morgan fingerprint density at radius 3 is 1.14 bits per heavy atom. The minimum atomic E-state index is -0.532. The smallest absolute Gasteiger partial charge is 0.410 e. The van der Waals surface area contributed by atoms with Crippen LogP contribution < -0.4 is 0 Å². The van der Waals surface area contributed by atoms with E-state index in [0.717, 1.165) is 103 Å². The van der Waals surface area contributed by atoms with E-state index in [0.29, 0.717) is 32.5 Å². The maximum atomic E-state index is 12.9. The molecule has 0 radical (unpaired) electrons. The number of nitrogens with zero attached hydrogens (tertiary/aromatic N) is 1. The summed E-state index contributed by atoms with van der Waals surface area (Å²) < 4.78 is 32.5. The standard InChI is InChI=1S/C34H61NO8.C24H44O5.2C2H6/c1-5-9-11-13-15-17-19-31(36)42-26-28(24-32(37)40-23-18-16-14-12-10-6-2)25-33(38)43-27-30-21-20-29(8-4)35(30)34(39)41-22-7-3;1-4-6-8-10-12-14-16-23(26)28-19-22(18-21(3)25)20-29-24(27)17-15-13-11-9-7-5-2;2*1-2/h28-30H,5-27H2,1-4H3;22H,4-20H2,1-3H3;2*1-2H3. The fraction of sp³-hybridized carbons (Fsp3) is 0.887. The Morgan fingerprint density at radius 1 is 0.382 bits per heavy atom. The van der Waals surface area contributed by atoms with Gasteiger partial charge in [0.1, 0.15) is 12.4 Å². The fourth-order valence-electron chi connectivity index (χ4n) is 8.69. The molecule has 3 atom stereocenters. The van der Waals surface area contributed by atoms with Crippen molar-refractivity contribution in [3.63, 3.8) is 0 Å². The van der Waals surface area contributed by atoms with Gasteiger partial charge in [0, 0.05) is 43.6 Å². The lowest BCUT2D eigenvalue weighted by Crippen LogP contribution is -2.43. The molecule has 14 nitrogen and oxygen atoms in total. The first-order valence-electron chi connectivity index (χ1n) is 31.1. The van der Waals surface area contributed by atoms with Crippen LogP contribution in [-0.2, 0) is 57.2 Å². The Balaban J connectivity index is -0.00000141. The molecule has 0 aliphatic carbocycles.